The molecule has 1 N–H and O–H groups in total. The van der Waals surface area contributed by atoms with Crippen LogP contribution in [0.25, 0.3) is 0 Å². The minimum atomic E-state index is 0.589. The largest absolute Gasteiger partial charge is 0.307 e. The second-order valence-corrected chi connectivity index (χ2v) is 7.23. The molecule has 1 nitrogen and oxygen atoms in total. The van der Waals surface area contributed by atoms with Crippen molar-refractivity contribution in [3.8, 4) is 0 Å². The van der Waals surface area contributed by atoms with Crippen LogP contribution >= 0.6 is 15.9 Å². The topological polar surface area (TPSA) is 12.0 Å². The molecule has 4 unspecified atom stereocenters. The zero-order chi connectivity index (χ0) is 13.4. The molecule has 0 bridgehead atoms. The molecule has 2 aliphatic rings. The van der Waals surface area contributed by atoms with E-state index in [0.29, 0.717) is 6.04 Å². The molecule has 0 aromatic heterocycles. The van der Waals surface area contributed by atoms with E-state index in [0.717, 1.165) is 17.9 Å². The van der Waals surface area contributed by atoms with Gasteiger partial charge in [0.05, 0.1) is 0 Å². The Hall–Kier alpha value is -0.340. The van der Waals surface area contributed by atoms with Crippen LogP contribution in [0.3, 0.4) is 0 Å². The molecular formula is C17H24BrN. The predicted molar refractivity (Wildman–Crippen MR) is 84.3 cm³/mol. The van der Waals surface area contributed by atoms with E-state index >= 15 is 0 Å². The molecule has 0 spiro atoms. The van der Waals surface area contributed by atoms with Gasteiger partial charge in [-0.25, -0.2) is 0 Å². The Balaban J connectivity index is 1.70. The summed E-state index contributed by atoms with van der Waals surface area (Å²) in [5.74, 6) is 1.77. The molecule has 0 heterocycles. The van der Waals surface area contributed by atoms with Crippen LogP contribution in [0.2, 0.25) is 0 Å². The number of hydrogen-bond donors (Lipinski definition) is 1. The summed E-state index contributed by atoms with van der Waals surface area (Å²) in [5.41, 5.74) is 3.07. The monoisotopic (exact) mass is 321 g/mol. The fourth-order valence-corrected chi connectivity index (χ4v) is 4.49. The van der Waals surface area contributed by atoms with Gasteiger partial charge < -0.3 is 5.32 Å². The van der Waals surface area contributed by atoms with E-state index in [2.05, 4.69) is 53.3 Å². The van der Waals surface area contributed by atoms with Gasteiger partial charge in [-0.05, 0) is 60.8 Å². The van der Waals surface area contributed by atoms with Crippen LogP contribution in [-0.2, 0) is 6.42 Å². The van der Waals surface area contributed by atoms with Crippen LogP contribution in [0, 0.1) is 11.8 Å². The van der Waals surface area contributed by atoms with Gasteiger partial charge in [0.25, 0.3) is 0 Å². The van der Waals surface area contributed by atoms with Gasteiger partial charge in [0.15, 0.2) is 0 Å². The highest BCUT2D eigenvalue weighted by atomic mass is 79.9. The first-order valence-corrected chi connectivity index (χ1v) is 8.52. The third-order valence-corrected chi connectivity index (χ3v) is 5.84. The Labute approximate surface area is 125 Å². The second-order valence-electron chi connectivity index (χ2n) is 6.31. The fraction of sp³-hybridized carbons (Fsp3) is 0.647. The maximum atomic E-state index is 3.95. The van der Waals surface area contributed by atoms with Crippen LogP contribution in [0.5, 0.6) is 0 Å². The van der Waals surface area contributed by atoms with Gasteiger partial charge in [0.2, 0.25) is 0 Å². The van der Waals surface area contributed by atoms with E-state index in [1.807, 2.05) is 0 Å². The van der Waals surface area contributed by atoms with Crippen molar-refractivity contribution in [1.29, 1.82) is 0 Å². The number of fused-ring (bicyclic) bond motifs is 1. The Morgan fingerprint density at radius 2 is 2.11 bits per heavy atom. The molecule has 0 radical (unpaired) electrons. The summed E-state index contributed by atoms with van der Waals surface area (Å²) in [6.45, 7) is 4.78. The second kappa shape index (κ2) is 5.57. The lowest BCUT2D eigenvalue weighted by Gasteiger charge is -2.25. The third-order valence-electron chi connectivity index (χ3n) is 5.35. The van der Waals surface area contributed by atoms with E-state index in [-0.39, 0.29) is 0 Å². The smallest absolute Gasteiger partial charge is 0.0328 e. The molecule has 2 aliphatic carbocycles. The molecule has 1 fully saturated rings. The molecule has 2 heteroatoms. The standard InChI is InChI=1S/C17H24BrN/c1-3-12-4-8-16(11(12)2)19-17-9-5-13-10-14(18)6-7-15(13)17/h6-7,10-12,16-17,19H,3-5,8-9H2,1-2H3. The summed E-state index contributed by atoms with van der Waals surface area (Å²) in [4.78, 5) is 0. The maximum Gasteiger partial charge on any atom is 0.0328 e. The van der Waals surface area contributed by atoms with Gasteiger partial charge in [0.1, 0.15) is 0 Å². The Kier molecular flexibility index (Phi) is 4.00. The van der Waals surface area contributed by atoms with Crippen LogP contribution < -0.4 is 5.32 Å². The quantitative estimate of drug-likeness (QED) is 0.839. The summed E-state index contributed by atoms with van der Waals surface area (Å²) in [6, 6.07) is 8.10. The van der Waals surface area contributed by atoms with E-state index in [9.17, 15) is 0 Å². The number of nitrogens with one attached hydrogen (secondary N) is 1. The molecule has 1 aromatic rings. The summed E-state index contributed by atoms with van der Waals surface area (Å²) in [7, 11) is 0. The molecule has 0 amide bonds. The van der Waals surface area contributed by atoms with Gasteiger partial charge in [-0.2, -0.15) is 0 Å². The maximum absolute atomic E-state index is 3.95. The first-order valence-electron chi connectivity index (χ1n) is 7.73. The van der Waals surface area contributed by atoms with Crippen molar-refractivity contribution in [2.75, 3.05) is 0 Å². The molecular weight excluding hydrogens is 298 g/mol. The SMILES string of the molecule is CCC1CCC(NC2CCc3cc(Br)ccc32)C1C. The van der Waals surface area contributed by atoms with E-state index < -0.39 is 0 Å². The summed E-state index contributed by atoms with van der Waals surface area (Å²) >= 11 is 3.58. The highest BCUT2D eigenvalue weighted by Gasteiger charge is 2.34. The minimum Gasteiger partial charge on any atom is -0.307 e. The van der Waals surface area contributed by atoms with Crippen molar-refractivity contribution in [2.24, 2.45) is 11.8 Å². The molecule has 104 valence electrons. The van der Waals surface area contributed by atoms with Crippen molar-refractivity contribution in [3.63, 3.8) is 0 Å². The van der Waals surface area contributed by atoms with Crippen molar-refractivity contribution < 1.29 is 0 Å². The molecule has 1 aromatic carbocycles. The zero-order valence-corrected chi connectivity index (χ0v) is 13.5. The van der Waals surface area contributed by atoms with Crippen molar-refractivity contribution >= 4 is 15.9 Å². The number of rotatable bonds is 3. The molecule has 1 saturated carbocycles. The normalized spacial score (nSPS) is 33.6. The molecule has 4 atom stereocenters. The summed E-state index contributed by atoms with van der Waals surface area (Å²) in [6.07, 6.45) is 6.61. The van der Waals surface area contributed by atoms with Crippen LogP contribution in [0.4, 0.5) is 0 Å². The molecule has 19 heavy (non-hydrogen) atoms. The van der Waals surface area contributed by atoms with Crippen LogP contribution in [-0.4, -0.2) is 6.04 Å². The lowest BCUT2D eigenvalue weighted by molar-refractivity contribution is 0.320. The van der Waals surface area contributed by atoms with E-state index in [1.165, 1.54) is 47.7 Å². The third kappa shape index (κ3) is 2.62. The first-order chi connectivity index (χ1) is 9.19. The highest BCUT2D eigenvalue weighted by Crippen LogP contribution is 2.38. The Morgan fingerprint density at radius 1 is 1.26 bits per heavy atom. The fourth-order valence-electron chi connectivity index (χ4n) is 4.08. The van der Waals surface area contributed by atoms with Gasteiger partial charge in [-0.15, -0.1) is 0 Å². The van der Waals surface area contributed by atoms with Gasteiger partial charge in [0, 0.05) is 16.6 Å². The van der Waals surface area contributed by atoms with E-state index in [4.69, 9.17) is 0 Å². The molecule has 3 rings (SSSR count). The summed E-state index contributed by atoms with van der Waals surface area (Å²) < 4.78 is 1.21. The van der Waals surface area contributed by atoms with Crippen LogP contribution in [0.1, 0.15) is 56.7 Å². The van der Waals surface area contributed by atoms with Crippen molar-refractivity contribution in [2.45, 2.75) is 58.0 Å². The Bertz CT molecular complexity index is 457. The van der Waals surface area contributed by atoms with Gasteiger partial charge in [-0.3, -0.25) is 0 Å². The van der Waals surface area contributed by atoms with Gasteiger partial charge in [-0.1, -0.05) is 42.3 Å². The first kappa shape index (κ1) is 13.6. The van der Waals surface area contributed by atoms with E-state index in [1.54, 1.807) is 0 Å². The number of aryl methyl sites for hydroxylation is 1. The average Bonchev–Trinajstić information content (AvgIpc) is 2.95. The summed E-state index contributed by atoms with van der Waals surface area (Å²) in [5, 5.41) is 3.95. The number of hydrogen-bond acceptors (Lipinski definition) is 1. The lowest BCUT2D eigenvalue weighted by Crippen LogP contribution is -2.35. The van der Waals surface area contributed by atoms with Gasteiger partial charge >= 0.3 is 0 Å². The average molecular weight is 322 g/mol. The molecule has 0 aliphatic heterocycles. The zero-order valence-electron chi connectivity index (χ0n) is 12.0. The molecule has 0 saturated heterocycles. The minimum absolute atomic E-state index is 0.589. The highest BCUT2D eigenvalue weighted by molar-refractivity contribution is 9.10. The van der Waals surface area contributed by atoms with Crippen molar-refractivity contribution in [3.05, 3.63) is 33.8 Å². The van der Waals surface area contributed by atoms with Crippen LogP contribution in [0.15, 0.2) is 22.7 Å². The Morgan fingerprint density at radius 3 is 2.84 bits per heavy atom. The lowest BCUT2D eigenvalue weighted by atomic mass is 9.93. The number of halogens is 1. The van der Waals surface area contributed by atoms with Crippen molar-refractivity contribution in [1.82, 2.24) is 5.32 Å². The number of benzene rings is 1. The predicted octanol–water partition coefficient (Wildman–Crippen LogP) is 4.85.